The van der Waals surface area contributed by atoms with Gasteiger partial charge >= 0.3 is 12.3 Å². The molecular weight excluding hydrogens is 435 g/mol. The highest BCUT2D eigenvalue weighted by atomic mass is 32.2. The van der Waals surface area contributed by atoms with Gasteiger partial charge in [0.15, 0.2) is 5.16 Å². The van der Waals surface area contributed by atoms with Gasteiger partial charge in [-0.05, 0) is 30.3 Å². The first kappa shape index (κ1) is 20.8. The molecule has 160 valence electrons. The van der Waals surface area contributed by atoms with Crippen LogP contribution in [0.3, 0.4) is 0 Å². The summed E-state index contributed by atoms with van der Waals surface area (Å²) < 4.78 is 47.1. The van der Waals surface area contributed by atoms with Crippen LogP contribution in [0.15, 0.2) is 58.5 Å². The summed E-state index contributed by atoms with van der Waals surface area (Å²) in [5.41, 5.74) is 1.18. The number of aromatic amines is 1. The highest BCUT2D eigenvalue weighted by molar-refractivity contribution is 7.99. The van der Waals surface area contributed by atoms with Crippen LogP contribution in [0, 0.1) is 0 Å². The van der Waals surface area contributed by atoms with E-state index in [-0.39, 0.29) is 22.1 Å². The van der Waals surface area contributed by atoms with Crippen LogP contribution in [0.5, 0.6) is 5.75 Å². The highest BCUT2D eigenvalue weighted by Crippen LogP contribution is 2.28. The molecule has 2 aromatic heterocycles. The van der Waals surface area contributed by atoms with Crippen molar-refractivity contribution in [3.63, 3.8) is 0 Å². The Morgan fingerprint density at radius 1 is 1.16 bits per heavy atom. The summed E-state index contributed by atoms with van der Waals surface area (Å²) in [4.78, 5) is 32.5. The summed E-state index contributed by atoms with van der Waals surface area (Å²) in [7, 11) is 1.24. The quantitative estimate of drug-likeness (QED) is 0.281. The van der Waals surface area contributed by atoms with Crippen LogP contribution in [-0.2, 0) is 9.53 Å². The van der Waals surface area contributed by atoms with Gasteiger partial charge in [-0.25, -0.2) is 4.98 Å². The number of aromatic nitrogens is 3. The average molecular weight is 449 g/mol. The van der Waals surface area contributed by atoms with Crippen LogP contribution in [0.25, 0.3) is 27.6 Å². The van der Waals surface area contributed by atoms with E-state index in [9.17, 15) is 22.8 Å². The highest BCUT2D eigenvalue weighted by Gasteiger charge is 2.31. The SMILES string of the molecule is COC(=O)CSc1nc2c([nH]c3ccccc32)c(=O)n1-c1ccc(OC(F)(F)F)cc1. The zero-order chi connectivity index (χ0) is 22.2. The Hall–Kier alpha value is -3.47. The first-order valence-corrected chi connectivity index (χ1v) is 9.84. The molecule has 1 N–H and O–H groups in total. The molecule has 0 radical (unpaired) electrons. The van der Waals surface area contributed by atoms with Crippen molar-refractivity contribution in [1.29, 1.82) is 0 Å². The Kier molecular flexibility index (Phi) is 5.36. The van der Waals surface area contributed by atoms with E-state index in [1.54, 1.807) is 6.07 Å². The van der Waals surface area contributed by atoms with Crippen molar-refractivity contribution in [2.45, 2.75) is 11.5 Å². The summed E-state index contributed by atoms with van der Waals surface area (Å²) in [6, 6.07) is 12.0. The number of methoxy groups -OCH3 is 1. The van der Waals surface area contributed by atoms with Crippen LogP contribution in [0.1, 0.15) is 0 Å². The topological polar surface area (TPSA) is 86.2 Å². The van der Waals surface area contributed by atoms with Crippen molar-refractivity contribution in [1.82, 2.24) is 14.5 Å². The molecule has 0 unspecified atom stereocenters. The number of hydrogen-bond donors (Lipinski definition) is 1. The number of para-hydroxylation sites is 1. The predicted octanol–water partition coefficient (Wildman–Crippen LogP) is 4.03. The van der Waals surface area contributed by atoms with E-state index < -0.39 is 23.6 Å². The molecule has 0 aliphatic rings. The van der Waals surface area contributed by atoms with Gasteiger partial charge in [-0.15, -0.1) is 13.2 Å². The molecule has 0 saturated heterocycles. The largest absolute Gasteiger partial charge is 0.573 e. The Morgan fingerprint density at radius 2 is 1.87 bits per heavy atom. The minimum atomic E-state index is -4.83. The fraction of sp³-hybridized carbons (Fsp3) is 0.150. The van der Waals surface area contributed by atoms with Gasteiger partial charge in [-0.1, -0.05) is 30.0 Å². The van der Waals surface area contributed by atoms with Crippen molar-refractivity contribution >= 4 is 39.7 Å². The fourth-order valence-electron chi connectivity index (χ4n) is 3.05. The number of H-pyrrole nitrogens is 1. The Labute approximate surface area is 176 Å². The molecule has 0 fully saturated rings. The average Bonchev–Trinajstić information content (AvgIpc) is 3.11. The molecule has 2 heterocycles. The van der Waals surface area contributed by atoms with Crippen molar-refractivity contribution in [2.24, 2.45) is 0 Å². The molecule has 4 rings (SSSR count). The van der Waals surface area contributed by atoms with E-state index in [0.29, 0.717) is 11.0 Å². The first-order chi connectivity index (χ1) is 14.8. The number of carbonyl (C=O) groups excluding carboxylic acids is 1. The van der Waals surface area contributed by atoms with Gasteiger partial charge in [0.25, 0.3) is 5.56 Å². The molecule has 0 aliphatic heterocycles. The van der Waals surface area contributed by atoms with Crippen LogP contribution in [0.2, 0.25) is 0 Å². The van der Waals surface area contributed by atoms with E-state index in [1.165, 1.54) is 23.8 Å². The molecule has 0 aliphatic carbocycles. The van der Waals surface area contributed by atoms with E-state index in [0.717, 1.165) is 29.3 Å². The lowest BCUT2D eigenvalue weighted by Crippen LogP contribution is -2.22. The number of fused-ring (bicyclic) bond motifs is 3. The predicted molar refractivity (Wildman–Crippen MR) is 109 cm³/mol. The Balaban J connectivity index is 1.87. The number of halogens is 3. The van der Waals surface area contributed by atoms with Crippen LogP contribution in [0.4, 0.5) is 13.2 Å². The van der Waals surface area contributed by atoms with Crippen LogP contribution < -0.4 is 10.3 Å². The molecule has 0 bridgehead atoms. The molecule has 31 heavy (non-hydrogen) atoms. The monoisotopic (exact) mass is 449 g/mol. The number of thioether (sulfide) groups is 1. The summed E-state index contributed by atoms with van der Waals surface area (Å²) in [5.74, 6) is -1.04. The van der Waals surface area contributed by atoms with Crippen LogP contribution in [-0.4, -0.2) is 39.7 Å². The minimum Gasteiger partial charge on any atom is -0.468 e. The number of hydrogen-bond acceptors (Lipinski definition) is 6. The van der Waals surface area contributed by atoms with Gasteiger partial charge in [0.2, 0.25) is 0 Å². The van der Waals surface area contributed by atoms with Crippen molar-refractivity contribution in [3.8, 4) is 11.4 Å². The van der Waals surface area contributed by atoms with Gasteiger partial charge in [0, 0.05) is 10.9 Å². The van der Waals surface area contributed by atoms with E-state index >= 15 is 0 Å². The maximum absolute atomic E-state index is 13.3. The molecule has 0 saturated carbocycles. The number of esters is 1. The lowest BCUT2D eigenvalue weighted by atomic mass is 10.2. The number of alkyl halides is 3. The smallest absolute Gasteiger partial charge is 0.468 e. The number of ether oxygens (including phenoxy) is 2. The third-order valence-corrected chi connectivity index (χ3v) is 5.28. The Morgan fingerprint density at radius 3 is 2.55 bits per heavy atom. The van der Waals surface area contributed by atoms with Gasteiger partial charge in [-0.3, -0.25) is 14.2 Å². The second-order valence-corrected chi connectivity index (χ2v) is 7.28. The molecular formula is C20H14F3N3O4S. The number of rotatable bonds is 5. The number of nitrogens with zero attached hydrogens (tertiary/aromatic N) is 2. The lowest BCUT2D eigenvalue weighted by molar-refractivity contribution is -0.274. The van der Waals surface area contributed by atoms with Crippen molar-refractivity contribution in [2.75, 3.05) is 12.9 Å². The summed E-state index contributed by atoms with van der Waals surface area (Å²) in [6.45, 7) is 0. The normalized spacial score (nSPS) is 11.7. The summed E-state index contributed by atoms with van der Waals surface area (Å²) >= 11 is 0.982. The molecule has 0 spiro atoms. The lowest BCUT2D eigenvalue weighted by Gasteiger charge is -2.13. The van der Waals surface area contributed by atoms with Gasteiger partial charge in [0.1, 0.15) is 16.8 Å². The van der Waals surface area contributed by atoms with Gasteiger partial charge in [0.05, 0.1) is 18.6 Å². The molecule has 11 heteroatoms. The number of nitrogens with one attached hydrogen (secondary N) is 1. The second kappa shape index (κ2) is 7.99. The van der Waals surface area contributed by atoms with E-state index in [4.69, 9.17) is 0 Å². The zero-order valence-corrected chi connectivity index (χ0v) is 16.7. The molecule has 4 aromatic rings. The van der Waals surface area contributed by atoms with Gasteiger partial charge < -0.3 is 14.5 Å². The maximum Gasteiger partial charge on any atom is 0.573 e. The number of carbonyl (C=O) groups is 1. The third kappa shape index (κ3) is 4.22. The maximum atomic E-state index is 13.3. The minimum absolute atomic E-state index is 0.105. The van der Waals surface area contributed by atoms with E-state index in [2.05, 4.69) is 19.4 Å². The molecule has 7 nitrogen and oxygen atoms in total. The van der Waals surface area contributed by atoms with Crippen molar-refractivity contribution < 1.29 is 27.4 Å². The molecule has 0 atom stereocenters. The first-order valence-electron chi connectivity index (χ1n) is 8.86. The van der Waals surface area contributed by atoms with Gasteiger partial charge in [-0.2, -0.15) is 0 Å². The van der Waals surface area contributed by atoms with E-state index in [1.807, 2.05) is 18.2 Å². The third-order valence-electron chi connectivity index (χ3n) is 4.37. The fourth-order valence-corrected chi connectivity index (χ4v) is 3.88. The molecule has 2 aromatic carbocycles. The Bertz CT molecular complexity index is 1330. The second-order valence-electron chi connectivity index (χ2n) is 6.34. The number of benzene rings is 2. The van der Waals surface area contributed by atoms with Crippen LogP contribution >= 0.6 is 11.8 Å². The summed E-state index contributed by atoms with van der Waals surface area (Å²) in [6.07, 6.45) is -4.83. The van der Waals surface area contributed by atoms with Crippen molar-refractivity contribution in [3.05, 3.63) is 58.9 Å². The molecule has 0 amide bonds. The standard InChI is InChI=1S/C20H14F3N3O4S/c1-29-15(27)10-31-19-25-16-13-4-2-3-5-14(13)24-17(16)18(28)26(19)11-6-8-12(9-7-11)30-20(21,22)23/h2-9,24H,10H2,1H3. The zero-order valence-electron chi connectivity index (χ0n) is 15.9. The summed E-state index contributed by atoms with van der Waals surface area (Å²) in [5, 5.41) is 0.924.